The number of phenols is 1. The molecule has 0 aliphatic rings. The zero-order valence-corrected chi connectivity index (χ0v) is 20.7. The number of carboxylic acid groups (broad SMARTS) is 2. The summed E-state index contributed by atoms with van der Waals surface area (Å²) in [6.45, 7) is 0. The van der Waals surface area contributed by atoms with Gasteiger partial charge in [-0.25, -0.2) is 4.79 Å². The predicted octanol–water partition coefficient (Wildman–Crippen LogP) is -1.04. The van der Waals surface area contributed by atoms with Crippen LogP contribution < -0.4 is 21.7 Å². The number of amides is 3. The van der Waals surface area contributed by atoms with Gasteiger partial charge in [0.1, 0.15) is 23.9 Å². The molecule has 0 bridgehead atoms. The Balaban J connectivity index is 3.09. The lowest BCUT2D eigenvalue weighted by Crippen LogP contribution is -2.58. The predicted molar refractivity (Wildman–Crippen MR) is 132 cm³/mol. The fourth-order valence-electron chi connectivity index (χ4n) is 2.86. The number of carboxylic acids is 2. The first-order valence-corrected chi connectivity index (χ1v) is 12.5. The lowest BCUT2D eigenvalue weighted by atomic mass is 10.0. The van der Waals surface area contributed by atoms with E-state index in [1.807, 2.05) is 0 Å². The molecule has 4 atom stereocenters. The first-order chi connectivity index (χ1) is 16.5. The van der Waals surface area contributed by atoms with Crippen molar-refractivity contribution in [1.82, 2.24) is 16.0 Å². The van der Waals surface area contributed by atoms with Crippen molar-refractivity contribution in [2.24, 2.45) is 5.73 Å². The second-order valence-corrected chi connectivity index (χ2v) is 8.91. The number of aliphatic carboxylic acids is 2. The number of nitrogens with one attached hydrogen (secondary N) is 3. The number of thiol groups is 1. The van der Waals surface area contributed by atoms with Gasteiger partial charge in [0.25, 0.3) is 0 Å². The minimum Gasteiger partial charge on any atom is -0.508 e. The molecule has 0 saturated carbocycles. The summed E-state index contributed by atoms with van der Waals surface area (Å²) >= 11 is 5.35. The van der Waals surface area contributed by atoms with Gasteiger partial charge < -0.3 is 37.0 Å². The van der Waals surface area contributed by atoms with Crippen molar-refractivity contribution in [3.8, 4) is 5.75 Å². The van der Waals surface area contributed by atoms with E-state index < -0.39 is 60.2 Å². The third-order valence-electron chi connectivity index (χ3n) is 4.78. The molecular formula is C21H30N4O8S2. The minimum absolute atomic E-state index is 0.00474. The largest absolute Gasteiger partial charge is 0.508 e. The molecule has 1 rings (SSSR count). The summed E-state index contributed by atoms with van der Waals surface area (Å²) in [7, 11) is 0. The Labute approximate surface area is 211 Å². The zero-order chi connectivity index (χ0) is 26.5. The zero-order valence-electron chi connectivity index (χ0n) is 19.0. The van der Waals surface area contributed by atoms with Crippen molar-refractivity contribution in [3.05, 3.63) is 29.8 Å². The fraction of sp³-hybridized carbons (Fsp3) is 0.476. The van der Waals surface area contributed by atoms with Crippen LogP contribution in [0.1, 0.15) is 18.4 Å². The summed E-state index contributed by atoms with van der Waals surface area (Å²) < 4.78 is 0. The maximum absolute atomic E-state index is 13.1. The molecule has 0 aliphatic heterocycles. The molecule has 194 valence electrons. The number of carbonyl (C=O) groups excluding carboxylic acids is 3. The maximum Gasteiger partial charge on any atom is 0.326 e. The standard InChI is InChI=1S/C21H30N4O8S2/c1-35-7-6-14(19(30)25-16(21(32)33)9-17(27)28)23-20(31)15(24-18(29)13(22)10-34)8-11-2-4-12(26)5-3-11/h2-5,13-16,26,34H,6-10,22H2,1H3,(H,23,31)(H,24,29)(H,25,30)(H,27,28)(H,32,33). The van der Waals surface area contributed by atoms with Crippen LogP contribution in [0, 0.1) is 0 Å². The Bertz CT molecular complexity index is 900. The van der Waals surface area contributed by atoms with Crippen LogP contribution in [0.25, 0.3) is 0 Å². The number of hydrogen-bond donors (Lipinski definition) is 8. The average Bonchev–Trinajstić information content (AvgIpc) is 2.80. The molecule has 4 unspecified atom stereocenters. The number of nitrogens with two attached hydrogens (primary N) is 1. The molecule has 0 radical (unpaired) electrons. The van der Waals surface area contributed by atoms with Gasteiger partial charge in [-0.05, 0) is 36.1 Å². The molecule has 14 heteroatoms. The molecule has 3 amide bonds. The molecule has 0 saturated heterocycles. The Kier molecular flexibility index (Phi) is 13.0. The van der Waals surface area contributed by atoms with E-state index in [0.717, 1.165) is 0 Å². The molecule has 12 nitrogen and oxygen atoms in total. The molecule has 35 heavy (non-hydrogen) atoms. The highest BCUT2D eigenvalue weighted by Crippen LogP contribution is 2.12. The van der Waals surface area contributed by atoms with Crippen LogP contribution in [0.4, 0.5) is 0 Å². The molecule has 0 spiro atoms. The molecule has 1 aromatic carbocycles. The Morgan fingerprint density at radius 2 is 1.49 bits per heavy atom. The number of rotatable bonds is 15. The Morgan fingerprint density at radius 1 is 0.943 bits per heavy atom. The summed E-state index contributed by atoms with van der Waals surface area (Å²) in [5, 5.41) is 34.7. The third kappa shape index (κ3) is 10.9. The number of carbonyl (C=O) groups is 5. The summed E-state index contributed by atoms with van der Waals surface area (Å²) in [5.41, 5.74) is 6.29. The van der Waals surface area contributed by atoms with E-state index in [-0.39, 0.29) is 24.3 Å². The maximum atomic E-state index is 13.1. The van der Waals surface area contributed by atoms with Crippen molar-refractivity contribution in [2.45, 2.75) is 43.4 Å². The normalized spacial score (nSPS) is 14.1. The van der Waals surface area contributed by atoms with Crippen molar-refractivity contribution >= 4 is 54.1 Å². The van der Waals surface area contributed by atoms with Crippen LogP contribution in [-0.2, 0) is 30.4 Å². The van der Waals surface area contributed by atoms with E-state index in [1.165, 1.54) is 23.9 Å². The SMILES string of the molecule is CSCCC(NC(=O)C(Cc1ccc(O)cc1)NC(=O)C(N)CS)C(=O)NC(CC(=O)O)C(=O)O. The first-order valence-electron chi connectivity index (χ1n) is 10.5. The van der Waals surface area contributed by atoms with Gasteiger partial charge >= 0.3 is 11.9 Å². The van der Waals surface area contributed by atoms with Crippen LogP contribution in [-0.4, -0.2) is 86.9 Å². The van der Waals surface area contributed by atoms with E-state index in [4.69, 9.17) is 10.8 Å². The van der Waals surface area contributed by atoms with E-state index >= 15 is 0 Å². The monoisotopic (exact) mass is 530 g/mol. The molecule has 1 aromatic rings. The summed E-state index contributed by atoms with van der Waals surface area (Å²) in [6.07, 6.45) is 1.05. The molecular weight excluding hydrogens is 500 g/mol. The van der Waals surface area contributed by atoms with Gasteiger partial charge in [0.2, 0.25) is 17.7 Å². The topological polar surface area (TPSA) is 208 Å². The second kappa shape index (κ2) is 15.1. The van der Waals surface area contributed by atoms with E-state index in [0.29, 0.717) is 11.3 Å². The molecule has 8 N–H and O–H groups in total. The summed E-state index contributed by atoms with van der Waals surface area (Å²) in [6, 6.07) is 0.915. The average molecular weight is 531 g/mol. The van der Waals surface area contributed by atoms with Crippen molar-refractivity contribution in [1.29, 1.82) is 0 Å². The van der Waals surface area contributed by atoms with Gasteiger partial charge in [-0.15, -0.1) is 0 Å². The first kappa shape index (κ1) is 30.1. The molecule has 0 aliphatic carbocycles. The number of phenolic OH excluding ortho intramolecular Hbond substituents is 1. The van der Waals surface area contributed by atoms with Crippen LogP contribution in [0.15, 0.2) is 24.3 Å². The smallest absolute Gasteiger partial charge is 0.326 e. The van der Waals surface area contributed by atoms with Gasteiger partial charge in [-0.1, -0.05) is 12.1 Å². The number of hydrogen-bond acceptors (Lipinski definition) is 9. The van der Waals surface area contributed by atoms with Gasteiger partial charge in [-0.2, -0.15) is 24.4 Å². The molecule has 0 fully saturated rings. The number of benzene rings is 1. The van der Waals surface area contributed by atoms with E-state index in [2.05, 4.69) is 28.6 Å². The quantitative estimate of drug-likeness (QED) is 0.129. The molecule has 0 heterocycles. The van der Waals surface area contributed by atoms with Crippen LogP contribution in [0.2, 0.25) is 0 Å². The Morgan fingerprint density at radius 3 is 2.00 bits per heavy atom. The number of aromatic hydroxyl groups is 1. The molecule has 0 aromatic heterocycles. The second-order valence-electron chi connectivity index (χ2n) is 7.56. The minimum atomic E-state index is -1.69. The van der Waals surface area contributed by atoms with Gasteiger partial charge in [0, 0.05) is 12.2 Å². The van der Waals surface area contributed by atoms with Crippen molar-refractivity contribution in [2.75, 3.05) is 17.8 Å². The highest BCUT2D eigenvalue weighted by Gasteiger charge is 2.31. The van der Waals surface area contributed by atoms with Crippen LogP contribution in [0.3, 0.4) is 0 Å². The van der Waals surface area contributed by atoms with Gasteiger partial charge in [-0.3, -0.25) is 19.2 Å². The van der Waals surface area contributed by atoms with Crippen molar-refractivity contribution in [3.63, 3.8) is 0 Å². The fourth-order valence-corrected chi connectivity index (χ4v) is 3.50. The van der Waals surface area contributed by atoms with Gasteiger partial charge in [0.05, 0.1) is 12.5 Å². The highest BCUT2D eigenvalue weighted by atomic mass is 32.2. The Hall–Kier alpha value is -2.97. The van der Waals surface area contributed by atoms with E-state index in [9.17, 15) is 34.2 Å². The highest BCUT2D eigenvalue weighted by molar-refractivity contribution is 7.98. The van der Waals surface area contributed by atoms with Crippen LogP contribution >= 0.6 is 24.4 Å². The lowest BCUT2D eigenvalue weighted by molar-refractivity contribution is -0.147. The van der Waals surface area contributed by atoms with Crippen molar-refractivity contribution < 1.29 is 39.3 Å². The van der Waals surface area contributed by atoms with Gasteiger partial charge in [0.15, 0.2) is 0 Å². The van der Waals surface area contributed by atoms with E-state index in [1.54, 1.807) is 18.4 Å². The summed E-state index contributed by atoms with van der Waals surface area (Å²) in [4.78, 5) is 60.4. The lowest BCUT2D eigenvalue weighted by Gasteiger charge is -2.25. The van der Waals surface area contributed by atoms with Crippen LogP contribution in [0.5, 0.6) is 5.75 Å². The third-order valence-corrected chi connectivity index (χ3v) is 5.82. The number of thioether (sulfide) groups is 1. The summed E-state index contributed by atoms with van der Waals surface area (Å²) in [5.74, 6) is -4.73.